The zero-order chi connectivity index (χ0) is 13.1. The SMILES string of the molecule is Cc1cc(=O)n(Cc2cccc(C#N)c2)c(C)n1. The number of hydrogen-bond donors (Lipinski definition) is 0. The molecule has 90 valence electrons. The molecule has 0 unspecified atom stereocenters. The molecule has 0 amide bonds. The van der Waals surface area contributed by atoms with Gasteiger partial charge in [-0.05, 0) is 31.5 Å². The normalized spacial score (nSPS) is 10.1. The molecular formula is C14H13N3O. The molecule has 1 aromatic heterocycles. The molecule has 2 rings (SSSR count). The molecule has 0 N–H and O–H groups in total. The average molecular weight is 239 g/mol. The van der Waals surface area contributed by atoms with Crippen molar-refractivity contribution in [3.8, 4) is 6.07 Å². The van der Waals surface area contributed by atoms with E-state index in [2.05, 4.69) is 11.1 Å². The van der Waals surface area contributed by atoms with Gasteiger partial charge in [0.1, 0.15) is 5.82 Å². The number of aromatic nitrogens is 2. The smallest absolute Gasteiger partial charge is 0.254 e. The fourth-order valence-corrected chi connectivity index (χ4v) is 1.88. The maximum absolute atomic E-state index is 11.9. The number of aryl methyl sites for hydroxylation is 2. The van der Waals surface area contributed by atoms with E-state index in [9.17, 15) is 4.79 Å². The maximum atomic E-state index is 11.9. The topological polar surface area (TPSA) is 58.7 Å². The first-order chi connectivity index (χ1) is 8.60. The molecule has 0 saturated heterocycles. The molecule has 0 atom stereocenters. The summed E-state index contributed by atoms with van der Waals surface area (Å²) in [7, 11) is 0. The van der Waals surface area contributed by atoms with Crippen LogP contribution in [0.2, 0.25) is 0 Å². The minimum Gasteiger partial charge on any atom is -0.292 e. The van der Waals surface area contributed by atoms with E-state index in [1.807, 2.05) is 19.1 Å². The summed E-state index contributed by atoms with van der Waals surface area (Å²) in [5.41, 5.74) is 2.17. The highest BCUT2D eigenvalue weighted by Crippen LogP contribution is 2.06. The van der Waals surface area contributed by atoms with Crippen LogP contribution >= 0.6 is 0 Å². The maximum Gasteiger partial charge on any atom is 0.254 e. The predicted molar refractivity (Wildman–Crippen MR) is 68.2 cm³/mol. The minimum atomic E-state index is -0.0673. The van der Waals surface area contributed by atoms with Gasteiger partial charge in [0.15, 0.2) is 0 Å². The lowest BCUT2D eigenvalue weighted by Gasteiger charge is -2.09. The molecule has 0 fully saturated rings. The predicted octanol–water partition coefficient (Wildman–Crippen LogP) is 1.78. The number of nitriles is 1. The quantitative estimate of drug-likeness (QED) is 0.802. The largest absolute Gasteiger partial charge is 0.292 e. The highest BCUT2D eigenvalue weighted by atomic mass is 16.1. The van der Waals surface area contributed by atoms with E-state index in [1.165, 1.54) is 6.07 Å². The highest BCUT2D eigenvalue weighted by Gasteiger charge is 2.04. The Bertz CT molecular complexity index is 680. The second kappa shape index (κ2) is 4.84. The standard InChI is InChI=1S/C14H13N3O/c1-10-6-14(18)17(11(2)16-10)9-13-5-3-4-12(7-13)8-15/h3-7H,9H2,1-2H3. The summed E-state index contributed by atoms with van der Waals surface area (Å²) in [6.07, 6.45) is 0. The summed E-state index contributed by atoms with van der Waals surface area (Å²) in [5.74, 6) is 0.683. The second-order valence-corrected chi connectivity index (χ2v) is 4.18. The van der Waals surface area contributed by atoms with E-state index in [-0.39, 0.29) is 5.56 Å². The lowest BCUT2D eigenvalue weighted by atomic mass is 10.1. The molecule has 4 heteroatoms. The number of hydrogen-bond acceptors (Lipinski definition) is 3. The van der Waals surface area contributed by atoms with Crippen LogP contribution in [0.4, 0.5) is 0 Å². The summed E-state index contributed by atoms with van der Waals surface area (Å²) >= 11 is 0. The van der Waals surface area contributed by atoms with Gasteiger partial charge < -0.3 is 0 Å². The summed E-state index contributed by atoms with van der Waals surface area (Å²) in [4.78, 5) is 16.1. The van der Waals surface area contributed by atoms with Crippen LogP contribution in [0.1, 0.15) is 22.6 Å². The molecule has 0 radical (unpaired) electrons. The molecule has 1 heterocycles. The van der Waals surface area contributed by atoms with Crippen LogP contribution in [0.25, 0.3) is 0 Å². The summed E-state index contributed by atoms with van der Waals surface area (Å²) < 4.78 is 1.60. The van der Waals surface area contributed by atoms with Crippen molar-refractivity contribution in [3.63, 3.8) is 0 Å². The van der Waals surface area contributed by atoms with Gasteiger partial charge in [-0.1, -0.05) is 12.1 Å². The first-order valence-electron chi connectivity index (χ1n) is 5.64. The van der Waals surface area contributed by atoms with E-state index in [4.69, 9.17) is 5.26 Å². The summed E-state index contributed by atoms with van der Waals surface area (Å²) in [5, 5.41) is 8.84. The lowest BCUT2D eigenvalue weighted by Crippen LogP contribution is -2.24. The van der Waals surface area contributed by atoms with E-state index in [0.717, 1.165) is 11.3 Å². The Morgan fingerprint density at radius 2 is 2.11 bits per heavy atom. The van der Waals surface area contributed by atoms with Gasteiger partial charge in [-0.25, -0.2) is 4.98 Å². The van der Waals surface area contributed by atoms with Crippen LogP contribution in [0.3, 0.4) is 0 Å². The average Bonchev–Trinajstić information content (AvgIpc) is 2.34. The van der Waals surface area contributed by atoms with Gasteiger partial charge in [0.05, 0.1) is 18.2 Å². The summed E-state index contributed by atoms with van der Waals surface area (Å²) in [6.45, 7) is 4.05. The monoisotopic (exact) mass is 239 g/mol. The van der Waals surface area contributed by atoms with Crippen LogP contribution in [-0.2, 0) is 6.54 Å². The van der Waals surface area contributed by atoms with Gasteiger partial charge in [0.25, 0.3) is 5.56 Å². The van der Waals surface area contributed by atoms with E-state index < -0.39 is 0 Å². The first kappa shape index (κ1) is 12.1. The minimum absolute atomic E-state index is 0.0673. The van der Waals surface area contributed by atoms with Gasteiger partial charge in [0.2, 0.25) is 0 Å². The van der Waals surface area contributed by atoms with E-state index in [0.29, 0.717) is 17.9 Å². The van der Waals surface area contributed by atoms with Gasteiger partial charge in [-0.3, -0.25) is 9.36 Å². The lowest BCUT2D eigenvalue weighted by molar-refractivity contribution is 0.694. The summed E-state index contributed by atoms with van der Waals surface area (Å²) in [6, 6.07) is 10.8. The Kier molecular flexibility index (Phi) is 3.24. The second-order valence-electron chi connectivity index (χ2n) is 4.18. The van der Waals surface area contributed by atoms with Gasteiger partial charge >= 0.3 is 0 Å². The van der Waals surface area contributed by atoms with Crippen molar-refractivity contribution in [2.24, 2.45) is 0 Å². The van der Waals surface area contributed by atoms with Crippen LogP contribution in [0.5, 0.6) is 0 Å². The number of rotatable bonds is 2. The third-order valence-electron chi connectivity index (χ3n) is 2.72. The van der Waals surface area contributed by atoms with Crippen molar-refractivity contribution >= 4 is 0 Å². The molecule has 2 aromatic rings. The Morgan fingerprint density at radius 1 is 1.33 bits per heavy atom. The van der Waals surface area contributed by atoms with Crippen LogP contribution < -0.4 is 5.56 Å². The van der Waals surface area contributed by atoms with E-state index >= 15 is 0 Å². The van der Waals surface area contributed by atoms with Gasteiger partial charge in [0, 0.05) is 11.8 Å². The zero-order valence-electron chi connectivity index (χ0n) is 10.3. The molecule has 4 nitrogen and oxygen atoms in total. The molecule has 0 aliphatic rings. The molecular weight excluding hydrogens is 226 g/mol. The van der Waals surface area contributed by atoms with Crippen molar-refractivity contribution in [3.05, 3.63) is 63.3 Å². The van der Waals surface area contributed by atoms with Crippen LogP contribution in [0.15, 0.2) is 35.1 Å². The van der Waals surface area contributed by atoms with Crippen molar-refractivity contribution in [2.45, 2.75) is 20.4 Å². The molecule has 18 heavy (non-hydrogen) atoms. The third-order valence-corrected chi connectivity index (χ3v) is 2.72. The van der Waals surface area contributed by atoms with Gasteiger partial charge in [-0.2, -0.15) is 5.26 Å². The van der Waals surface area contributed by atoms with Crippen molar-refractivity contribution in [1.29, 1.82) is 5.26 Å². The fourth-order valence-electron chi connectivity index (χ4n) is 1.88. The van der Waals surface area contributed by atoms with Crippen LogP contribution in [-0.4, -0.2) is 9.55 Å². The number of nitrogens with zero attached hydrogens (tertiary/aromatic N) is 3. The van der Waals surface area contributed by atoms with Crippen molar-refractivity contribution < 1.29 is 0 Å². The third kappa shape index (κ3) is 2.46. The van der Waals surface area contributed by atoms with Crippen LogP contribution in [0, 0.1) is 25.2 Å². The molecule has 0 aliphatic carbocycles. The van der Waals surface area contributed by atoms with Crippen molar-refractivity contribution in [2.75, 3.05) is 0 Å². The molecule has 0 spiro atoms. The molecule has 0 bridgehead atoms. The Hall–Kier alpha value is -2.41. The zero-order valence-corrected chi connectivity index (χ0v) is 10.3. The fraction of sp³-hybridized carbons (Fsp3) is 0.214. The molecule has 0 aliphatic heterocycles. The highest BCUT2D eigenvalue weighted by molar-refractivity contribution is 5.32. The Balaban J connectivity index is 2.41. The molecule has 1 aromatic carbocycles. The first-order valence-corrected chi connectivity index (χ1v) is 5.64. The number of benzene rings is 1. The Morgan fingerprint density at radius 3 is 2.78 bits per heavy atom. The van der Waals surface area contributed by atoms with Gasteiger partial charge in [-0.15, -0.1) is 0 Å². The van der Waals surface area contributed by atoms with Crippen molar-refractivity contribution in [1.82, 2.24) is 9.55 Å². The Labute approximate surface area is 105 Å². The van der Waals surface area contributed by atoms with E-state index in [1.54, 1.807) is 23.6 Å². The molecule has 0 saturated carbocycles.